The highest BCUT2D eigenvalue weighted by atomic mass is 16.1. The summed E-state index contributed by atoms with van der Waals surface area (Å²) in [5.41, 5.74) is 0.550. The highest BCUT2D eigenvalue weighted by molar-refractivity contribution is 6.09. The minimum atomic E-state index is -0.263. The number of rotatable bonds is 4. The first-order valence-electron chi connectivity index (χ1n) is 8.56. The van der Waals surface area contributed by atoms with Crippen molar-refractivity contribution < 1.29 is 4.79 Å². The van der Waals surface area contributed by atoms with Crippen LogP contribution in [0.25, 0.3) is 10.8 Å². The fourth-order valence-electron chi connectivity index (χ4n) is 3.09. The van der Waals surface area contributed by atoms with Gasteiger partial charge in [0.15, 0.2) is 0 Å². The van der Waals surface area contributed by atoms with Crippen LogP contribution >= 0.6 is 0 Å². The van der Waals surface area contributed by atoms with E-state index in [2.05, 4.69) is 4.98 Å². The van der Waals surface area contributed by atoms with Gasteiger partial charge in [0.1, 0.15) is 11.5 Å². The Bertz CT molecular complexity index is 1170. The largest absolute Gasteiger partial charge is 0.287 e. The lowest BCUT2D eigenvalue weighted by Gasteiger charge is -2.24. The lowest BCUT2D eigenvalue weighted by atomic mass is 10.1. The zero-order valence-electron chi connectivity index (χ0n) is 14.7. The quantitative estimate of drug-likeness (QED) is 0.526. The molecule has 0 atom stereocenters. The molecule has 4 aromatic rings. The molecule has 0 saturated heterocycles. The lowest BCUT2D eigenvalue weighted by Crippen LogP contribution is -2.39. The topological polar surface area (TPSA) is 55.2 Å². The maximum absolute atomic E-state index is 13.2. The summed E-state index contributed by atoms with van der Waals surface area (Å²) in [4.78, 5) is 30.7. The summed E-state index contributed by atoms with van der Waals surface area (Å²) >= 11 is 0. The zero-order chi connectivity index (χ0) is 18.8. The molecule has 0 bridgehead atoms. The number of hydrogen-bond donors (Lipinski definition) is 0. The van der Waals surface area contributed by atoms with Crippen molar-refractivity contribution in [3.8, 4) is 0 Å². The van der Waals surface area contributed by atoms with Crippen molar-refractivity contribution >= 4 is 22.4 Å². The molecule has 0 unspecified atom stereocenters. The van der Waals surface area contributed by atoms with Crippen LogP contribution in [0.4, 0.5) is 5.82 Å². The third kappa shape index (κ3) is 3.00. The molecule has 0 N–H and O–H groups in total. The SMILES string of the molecule is CN(c1ccccn1)n1c(C(=O)c2ccccc2)cc2ccccc2c1=O. The number of nitrogens with zero attached hydrogens (tertiary/aromatic N) is 3. The van der Waals surface area contributed by atoms with Gasteiger partial charge in [0.05, 0.1) is 0 Å². The highest BCUT2D eigenvalue weighted by Gasteiger charge is 2.20. The average Bonchev–Trinajstić information content (AvgIpc) is 2.74. The van der Waals surface area contributed by atoms with Gasteiger partial charge in [-0.25, -0.2) is 9.66 Å². The molecule has 2 aromatic heterocycles. The van der Waals surface area contributed by atoms with Gasteiger partial charge in [-0.3, -0.25) is 14.6 Å². The number of carbonyl (C=O) groups excluding carboxylic acids is 1. The Morgan fingerprint density at radius 2 is 1.63 bits per heavy atom. The predicted octanol–water partition coefficient (Wildman–Crippen LogP) is 3.53. The molecule has 2 aromatic carbocycles. The third-order valence-corrected chi connectivity index (χ3v) is 4.45. The highest BCUT2D eigenvalue weighted by Crippen LogP contribution is 2.18. The molecule has 0 aliphatic heterocycles. The van der Waals surface area contributed by atoms with Gasteiger partial charge < -0.3 is 0 Å². The Hall–Kier alpha value is -3.73. The van der Waals surface area contributed by atoms with Crippen molar-refractivity contribution in [1.29, 1.82) is 0 Å². The number of fused-ring (bicyclic) bond motifs is 1. The number of pyridine rings is 2. The normalized spacial score (nSPS) is 10.7. The molecule has 0 radical (unpaired) electrons. The van der Waals surface area contributed by atoms with E-state index in [0.717, 1.165) is 5.39 Å². The fourth-order valence-corrected chi connectivity index (χ4v) is 3.09. The number of anilines is 1. The van der Waals surface area contributed by atoms with Crippen LogP contribution < -0.4 is 10.6 Å². The maximum Gasteiger partial charge on any atom is 0.277 e. The van der Waals surface area contributed by atoms with E-state index < -0.39 is 0 Å². The predicted molar refractivity (Wildman–Crippen MR) is 106 cm³/mol. The van der Waals surface area contributed by atoms with Crippen LogP contribution in [-0.4, -0.2) is 22.5 Å². The average molecular weight is 355 g/mol. The first kappa shape index (κ1) is 16.7. The Morgan fingerprint density at radius 1 is 0.926 bits per heavy atom. The minimum absolute atomic E-state index is 0.221. The Labute approximate surface area is 156 Å². The van der Waals surface area contributed by atoms with E-state index in [1.807, 2.05) is 30.3 Å². The van der Waals surface area contributed by atoms with E-state index in [9.17, 15) is 9.59 Å². The van der Waals surface area contributed by atoms with Gasteiger partial charge in [-0.2, -0.15) is 0 Å². The molecule has 4 rings (SSSR count). The second-order valence-corrected chi connectivity index (χ2v) is 6.14. The smallest absolute Gasteiger partial charge is 0.277 e. The second kappa shape index (κ2) is 6.88. The van der Waals surface area contributed by atoms with E-state index in [1.165, 1.54) is 4.68 Å². The molecule has 5 nitrogen and oxygen atoms in total. The summed E-state index contributed by atoms with van der Waals surface area (Å²) < 4.78 is 1.39. The second-order valence-electron chi connectivity index (χ2n) is 6.14. The number of hydrogen-bond acceptors (Lipinski definition) is 4. The van der Waals surface area contributed by atoms with Crippen LogP contribution in [0, 0.1) is 0 Å². The lowest BCUT2D eigenvalue weighted by molar-refractivity contribution is 0.102. The summed E-state index contributed by atoms with van der Waals surface area (Å²) in [6, 6.07) is 23.4. The van der Waals surface area contributed by atoms with E-state index in [4.69, 9.17) is 0 Å². The number of benzene rings is 2. The van der Waals surface area contributed by atoms with Gasteiger partial charge in [-0.05, 0) is 29.7 Å². The molecule has 0 amide bonds. The van der Waals surface area contributed by atoms with Crippen molar-refractivity contribution in [1.82, 2.24) is 9.66 Å². The summed E-state index contributed by atoms with van der Waals surface area (Å²) in [6.07, 6.45) is 1.65. The molecule has 0 aliphatic carbocycles. The number of ketones is 1. The van der Waals surface area contributed by atoms with Crippen molar-refractivity contribution in [2.45, 2.75) is 0 Å². The van der Waals surface area contributed by atoms with Gasteiger partial charge in [0, 0.05) is 24.2 Å². The standard InChI is InChI=1S/C22H17N3O2/c1-24(20-13-7-8-14-23-20)25-19(21(26)16-9-3-2-4-10-16)15-17-11-5-6-12-18(17)22(25)27/h2-15H,1H3. The molecule has 27 heavy (non-hydrogen) atoms. The first-order chi connectivity index (χ1) is 13.2. The molecule has 132 valence electrons. The van der Waals surface area contributed by atoms with E-state index in [1.54, 1.807) is 66.8 Å². The number of aromatic nitrogens is 2. The molecule has 0 saturated carbocycles. The van der Waals surface area contributed by atoms with Gasteiger partial charge in [0.2, 0.25) is 5.78 Å². The summed E-state index contributed by atoms with van der Waals surface area (Å²) in [6.45, 7) is 0. The molecule has 2 heterocycles. The molecular formula is C22H17N3O2. The maximum atomic E-state index is 13.2. The van der Waals surface area contributed by atoms with E-state index >= 15 is 0 Å². The molecule has 0 spiro atoms. The summed E-state index contributed by atoms with van der Waals surface area (Å²) in [5.74, 6) is 0.346. The van der Waals surface area contributed by atoms with E-state index in [0.29, 0.717) is 16.8 Å². The molecule has 5 heteroatoms. The molecule has 0 fully saturated rings. The van der Waals surface area contributed by atoms with Crippen LogP contribution in [0.15, 0.2) is 89.9 Å². The van der Waals surface area contributed by atoms with Crippen LogP contribution in [0.1, 0.15) is 16.1 Å². The van der Waals surface area contributed by atoms with Crippen LogP contribution in [0.3, 0.4) is 0 Å². The first-order valence-corrected chi connectivity index (χ1v) is 8.56. The monoisotopic (exact) mass is 355 g/mol. The summed E-state index contributed by atoms with van der Waals surface area (Å²) in [7, 11) is 1.72. The van der Waals surface area contributed by atoms with Crippen LogP contribution in [-0.2, 0) is 0 Å². The van der Waals surface area contributed by atoms with Crippen molar-refractivity contribution in [3.05, 3.63) is 107 Å². The Kier molecular flexibility index (Phi) is 4.26. The van der Waals surface area contributed by atoms with Gasteiger partial charge in [-0.15, -0.1) is 0 Å². The van der Waals surface area contributed by atoms with Crippen molar-refractivity contribution in [3.63, 3.8) is 0 Å². The minimum Gasteiger partial charge on any atom is -0.287 e. The van der Waals surface area contributed by atoms with Crippen molar-refractivity contribution in [2.24, 2.45) is 0 Å². The Morgan fingerprint density at radius 3 is 2.37 bits per heavy atom. The third-order valence-electron chi connectivity index (χ3n) is 4.45. The zero-order valence-corrected chi connectivity index (χ0v) is 14.7. The van der Waals surface area contributed by atoms with Crippen molar-refractivity contribution in [2.75, 3.05) is 12.1 Å². The van der Waals surface area contributed by atoms with Gasteiger partial charge >= 0.3 is 0 Å². The van der Waals surface area contributed by atoms with E-state index in [-0.39, 0.29) is 17.0 Å². The van der Waals surface area contributed by atoms with Gasteiger partial charge in [0.25, 0.3) is 5.56 Å². The number of carbonyl (C=O) groups is 1. The molecular weight excluding hydrogens is 338 g/mol. The molecule has 0 aliphatic rings. The van der Waals surface area contributed by atoms with Crippen LogP contribution in [0.2, 0.25) is 0 Å². The van der Waals surface area contributed by atoms with Gasteiger partial charge in [-0.1, -0.05) is 54.6 Å². The summed E-state index contributed by atoms with van der Waals surface area (Å²) in [5, 5.41) is 2.88. The van der Waals surface area contributed by atoms with Crippen LogP contribution in [0.5, 0.6) is 0 Å². The fraction of sp³-hybridized carbons (Fsp3) is 0.0455. The Balaban J connectivity index is 1.99.